The lowest BCUT2D eigenvalue weighted by molar-refractivity contribution is -0.121. The van der Waals surface area contributed by atoms with E-state index in [4.69, 9.17) is 0 Å². The first-order chi connectivity index (χ1) is 13.8. The van der Waals surface area contributed by atoms with Crippen LogP contribution in [0.1, 0.15) is 55.7 Å². The molecule has 2 aromatic heterocycles. The van der Waals surface area contributed by atoms with Gasteiger partial charge in [-0.25, -0.2) is 10.9 Å². The highest BCUT2D eigenvalue weighted by Gasteiger charge is 2.06. The Labute approximate surface area is 195 Å². The number of carbonyl (C=O) groups is 2. The molecule has 0 fully saturated rings. The first-order valence-corrected chi connectivity index (χ1v) is 12.2. The fourth-order valence-corrected chi connectivity index (χ4v) is 4.94. The van der Waals surface area contributed by atoms with Crippen molar-refractivity contribution in [2.45, 2.75) is 46.0 Å². The van der Waals surface area contributed by atoms with Gasteiger partial charge in [0.15, 0.2) is 0 Å². The molecule has 0 aromatic carbocycles. The van der Waals surface area contributed by atoms with Gasteiger partial charge in [-0.2, -0.15) is 10.2 Å². The summed E-state index contributed by atoms with van der Waals surface area (Å²) in [6.07, 6.45) is 2.99. The molecule has 0 aliphatic heterocycles. The molecule has 0 aliphatic rings. The number of nitrogens with one attached hydrogen (secondary N) is 2. The van der Waals surface area contributed by atoms with Gasteiger partial charge >= 0.3 is 0 Å². The van der Waals surface area contributed by atoms with E-state index in [1.807, 2.05) is 38.1 Å². The number of carbonyl (C=O) groups excluding carboxylic acids is 2. The van der Waals surface area contributed by atoms with Crippen molar-refractivity contribution in [1.29, 1.82) is 0 Å². The molecular formula is C19H22Br2N4O2S2. The molecule has 6 nitrogen and oxygen atoms in total. The maximum atomic E-state index is 11.9. The van der Waals surface area contributed by atoms with Gasteiger partial charge in [-0.1, -0.05) is 6.42 Å². The van der Waals surface area contributed by atoms with Crippen molar-refractivity contribution < 1.29 is 9.59 Å². The van der Waals surface area contributed by atoms with Gasteiger partial charge in [-0.05, 0) is 82.8 Å². The first kappa shape index (κ1) is 23.9. The molecule has 0 atom stereocenters. The van der Waals surface area contributed by atoms with E-state index < -0.39 is 0 Å². The maximum absolute atomic E-state index is 11.9. The lowest BCUT2D eigenvalue weighted by Gasteiger charge is -2.03. The van der Waals surface area contributed by atoms with E-state index in [1.165, 1.54) is 0 Å². The van der Waals surface area contributed by atoms with Crippen molar-refractivity contribution in [2.24, 2.45) is 10.2 Å². The van der Waals surface area contributed by atoms with Crippen LogP contribution in [-0.2, 0) is 9.59 Å². The fraction of sp³-hybridized carbons (Fsp3) is 0.368. The summed E-state index contributed by atoms with van der Waals surface area (Å²) in [5.74, 6) is -0.237. The molecule has 0 aliphatic carbocycles. The van der Waals surface area contributed by atoms with Gasteiger partial charge in [0.05, 0.1) is 28.8 Å². The Kier molecular flexibility index (Phi) is 10.2. The third-order valence-electron chi connectivity index (χ3n) is 3.86. The van der Waals surface area contributed by atoms with Crippen LogP contribution in [-0.4, -0.2) is 23.2 Å². The highest BCUT2D eigenvalue weighted by Crippen LogP contribution is 2.23. The average molecular weight is 562 g/mol. The summed E-state index contributed by atoms with van der Waals surface area (Å²) >= 11 is 9.95. The third kappa shape index (κ3) is 8.90. The molecule has 2 rings (SSSR count). The molecule has 2 aromatic rings. The Morgan fingerprint density at radius 2 is 1.21 bits per heavy atom. The predicted octanol–water partition coefficient (Wildman–Crippen LogP) is 5.67. The number of thiophene rings is 2. The van der Waals surface area contributed by atoms with E-state index >= 15 is 0 Å². The van der Waals surface area contributed by atoms with Gasteiger partial charge in [0.1, 0.15) is 0 Å². The second-order valence-electron chi connectivity index (χ2n) is 6.23. The van der Waals surface area contributed by atoms with Crippen molar-refractivity contribution in [3.63, 3.8) is 0 Å². The summed E-state index contributed by atoms with van der Waals surface area (Å²) in [7, 11) is 0. The molecule has 2 heterocycles. The Morgan fingerprint density at radius 3 is 1.55 bits per heavy atom. The second-order valence-corrected chi connectivity index (χ2v) is 11.2. The standard InChI is InChI=1S/C19H22Br2N4O2S2/c1-12(14-8-10-16(20)28-14)22-24-18(26)6-4-3-5-7-19(27)25-23-13(2)15-9-11-17(21)29-15/h8-11H,3-7H2,1-2H3,(H,24,26)(H,25,27)/b22-12+,23-13+. The van der Waals surface area contributed by atoms with E-state index in [0.29, 0.717) is 25.7 Å². The Bertz CT molecular complexity index is 833. The van der Waals surface area contributed by atoms with Gasteiger partial charge in [-0.15, -0.1) is 22.7 Å². The molecule has 2 N–H and O–H groups in total. The van der Waals surface area contributed by atoms with Crippen molar-refractivity contribution in [1.82, 2.24) is 10.9 Å². The largest absolute Gasteiger partial charge is 0.273 e. The summed E-state index contributed by atoms with van der Waals surface area (Å²) < 4.78 is 2.05. The number of hydrazone groups is 2. The topological polar surface area (TPSA) is 82.9 Å². The molecule has 0 saturated carbocycles. The highest BCUT2D eigenvalue weighted by atomic mass is 79.9. The summed E-state index contributed by atoms with van der Waals surface area (Å²) in [6.45, 7) is 3.72. The molecule has 2 amide bonds. The number of hydrogen-bond donors (Lipinski definition) is 2. The maximum Gasteiger partial charge on any atom is 0.240 e. The normalized spacial score (nSPS) is 12.1. The zero-order valence-corrected chi connectivity index (χ0v) is 20.9. The van der Waals surface area contributed by atoms with Crippen LogP contribution in [0.25, 0.3) is 0 Å². The van der Waals surface area contributed by atoms with Gasteiger partial charge < -0.3 is 0 Å². The molecule has 0 spiro atoms. The van der Waals surface area contributed by atoms with Gasteiger partial charge in [0, 0.05) is 12.8 Å². The Morgan fingerprint density at radius 1 is 0.793 bits per heavy atom. The average Bonchev–Trinajstić information content (AvgIpc) is 3.32. The lowest BCUT2D eigenvalue weighted by Crippen LogP contribution is -2.19. The zero-order valence-electron chi connectivity index (χ0n) is 16.1. The summed E-state index contributed by atoms with van der Waals surface area (Å²) in [4.78, 5) is 25.8. The molecule has 0 unspecified atom stereocenters. The van der Waals surface area contributed by atoms with Crippen LogP contribution < -0.4 is 10.9 Å². The van der Waals surface area contributed by atoms with E-state index in [0.717, 1.165) is 35.2 Å². The van der Waals surface area contributed by atoms with Crippen LogP contribution in [0.4, 0.5) is 0 Å². The summed E-state index contributed by atoms with van der Waals surface area (Å²) in [5, 5.41) is 8.26. The quantitative estimate of drug-likeness (QED) is 0.223. The minimum Gasteiger partial charge on any atom is -0.273 e. The van der Waals surface area contributed by atoms with E-state index in [1.54, 1.807) is 22.7 Å². The number of rotatable bonds is 10. The van der Waals surface area contributed by atoms with Crippen molar-refractivity contribution >= 4 is 77.8 Å². The highest BCUT2D eigenvalue weighted by molar-refractivity contribution is 9.11. The fourth-order valence-electron chi connectivity index (χ4n) is 2.28. The van der Waals surface area contributed by atoms with Crippen LogP contribution in [0.2, 0.25) is 0 Å². The lowest BCUT2D eigenvalue weighted by atomic mass is 10.1. The second kappa shape index (κ2) is 12.4. The molecule has 29 heavy (non-hydrogen) atoms. The van der Waals surface area contributed by atoms with Crippen LogP contribution in [0.3, 0.4) is 0 Å². The Hall–Kier alpha value is -1.36. The van der Waals surface area contributed by atoms with Crippen molar-refractivity contribution in [3.8, 4) is 0 Å². The predicted molar refractivity (Wildman–Crippen MR) is 128 cm³/mol. The molecule has 0 radical (unpaired) electrons. The summed E-state index contributed by atoms with van der Waals surface area (Å²) in [5.41, 5.74) is 6.71. The van der Waals surface area contributed by atoms with E-state index in [2.05, 4.69) is 52.9 Å². The minimum absolute atomic E-state index is 0.119. The van der Waals surface area contributed by atoms with Gasteiger partial charge in [-0.3, -0.25) is 9.59 Å². The number of nitrogens with zero attached hydrogens (tertiary/aromatic N) is 2. The Balaban J connectivity index is 1.59. The first-order valence-electron chi connectivity index (χ1n) is 9.03. The van der Waals surface area contributed by atoms with E-state index in [-0.39, 0.29) is 11.8 Å². The molecular weight excluding hydrogens is 540 g/mol. The van der Waals surface area contributed by atoms with Crippen LogP contribution in [0, 0.1) is 0 Å². The van der Waals surface area contributed by atoms with Gasteiger partial charge in [0.25, 0.3) is 0 Å². The van der Waals surface area contributed by atoms with Crippen LogP contribution >= 0.6 is 54.5 Å². The molecule has 0 saturated heterocycles. The SMILES string of the molecule is C/C(=N\NC(=O)CCCCCC(=O)N/N=C(\C)c1ccc(Br)s1)c1ccc(Br)s1. The number of unbranched alkanes of at least 4 members (excludes halogenated alkanes) is 2. The minimum atomic E-state index is -0.119. The van der Waals surface area contributed by atoms with Gasteiger partial charge in [0.2, 0.25) is 11.8 Å². The zero-order chi connectivity index (χ0) is 21.2. The smallest absolute Gasteiger partial charge is 0.240 e. The van der Waals surface area contributed by atoms with Crippen molar-refractivity contribution in [2.75, 3.05) is 0 Å². The molecule has 156 valence electrons. The number of amides is 2. The third-order valence-corrected chi connectivity index (χ3v) is 7.33. The van der Waals surface area contributed by atoms with Crippen LogP contribution in [0.15, 0.2) is 42.0 Å². The molecule has 0 bridgehead atoms. The monoisotopic (exact) mass is 560 g/mol. The van der Waals surface area contributed by atoms with Crippen LogP contribution in [0.5, 0.6) is 0 Å². The summed E-state index contributed by atoms with van der Waals surface area (Å²) in [6, 6.07) is 7.81. The van der Waals surface area contributed by atoms with E-state index in [9.17, 15) is 9.59 Å². The number of hydrogen-bond acceptors (Lipinski definition) is 6. The molecule has 10 heteroatoms. The van der Waals surface area contributed by atoms with Crippen molar-refractivity contribution in [3.05, 3.63) is 41.6 Å². The number of halogens is 2.